The van der Waals surface area contributed by atoms with Gasteiger partial charge in [0, 0.05) is 0 Å². The highest BCUT2D eigenvalue weighted by Gasteiger charge is 2.34. The number of hydrogen-bond donors (Lipinski definition) is 7. The number of nitrogens with two attached hydrogens (primary N) is 2. The first kappa shape index (κ1) is 28.3. The summed E-state index contributed by atoms with van der Waals surface area (Å²) in [6.45, 7) is 6.40. The summed E-state index contributed by atoms with van der Waals surface area (Å²) >= 11 is 0. The Hall–Kier alpha value is -2.73. The van der Waals surface area contributed by atoms with Crippen molar-refractivity contribution in [1.29, 1.82) is 0 Å². The largest absolute Gasteiger partial charge is 0.480 e. The van der Waals surface area contributed by atoms with Crippen molar-refractivity contribution >= 4 is 29.6 Å². The molecule has 4 amide bonds. The lowest BCUT2D eigenvalue weighted by Crippen LogP contribution is -2.60. The van der Waals surface area contributed by atoms with Crippen LogP contribution in [0, 0.1) is 11.8 Å². The molecule has 0 saturated carbocycles. The fraction of sp³-hybridized carbons (Fsp3) is 0.737. The van der Waals surface area contributed by atoms with Crippen LogP contribution in [0.25, 0.3) is 0 Å². The van der Waals surface area contributed by atoms with Crippen molar-refractivity contribution in [3.05, 3.63) is 0 Å². The minimum Gasteiger partial charge on any atom is -0.480 e. The molecule has 9 N–H and O–H groups in total. The Balaban J connectivity index is 5.60. The van der Waals surface area contributed by atoms with Gasteiger partial charge in [-0.15, -0.1) is 0 Å². The van der Waals surface area contributed by atoms with Crippen LogP contribution in [0.1, 0.15) is 47.0 Å². The number of carbonyl (C=O) groups excluding carboxylic acids is 4. The highest BCUT2D eigenvalue weighted by atomic mass is 16.4. The average Bonchev–Trinajstić information content (AvgIpc) is 2.72. The average molecular weight is 446 g/mol. The van der Waals surface area contributed by atoms with Crippen molar-refractivity contribution in [3.8, 4) is 0 Å². The van der Waals surface area contributed by atoms with Gasteiger partial charge in [0.05, 0.1) is 13.0 Å². The summed E-state index contributed by atoms with van der Waals surface area (Å²) in [5.74, 6) is -5.23. The fourth-order valence-corrected chi connectivity index (χ4v) is 2.65. The van der Waals surface area contributed by atoms with Crippen molar-refractivity contribution < 1.29 is 34.2 Å². The van der Waals surface area contributed by atoms with E-state index < -0.39 is 66.8 Å². The lowest BCUT2D eigenvalue weighted by atomic mass is 9.94. The number of carbonyl (C=O) groups is 5. The second-order valence-corrected chi connectivity index (χ2v) is 7.60. The molecule has 0 aliphatic rings. The molecule has 31 heavy (non-hydrogen) atoms. The summed E-state index contributed by atoms with van der Waals surface area (Å²) in [4.78, 5) is 60.1. The summed E-state index contributed by atoms with van der Waals surface area (Å²) in [5, 5.41) is 25.5. The molecule has 0 fully saturated rings. The predicted molar refractivity (Wildman–Crippen MR) is 111 cm³/mol. The minimum atomic E-state index is -1.54. The monoisotopic (exact) mass is 445 g/mol. The molecule has 12 nitrogen and oxygen atoms in total. The number of rotatable bonds is 14. The standard InChI is InChI=1S/C19H35N5O7/c1-5-9(3)14(17(28)22-12(19(30)31)7-13(21)26)24-18(29)15(10(4)6-2)23-16(27)11(20)8-25/h9-12,14-15,25H,5-8,20H2,1-4H3,(H2,21,26)(H,22,28)(H,23,27)(H,24,29)(H,30,31). The van der Waals surface area contributed by atoms with Crippen LogP contribution in [0.3, 0.4) is 0 Å². The van der Waals surface area contributed by atoms with E-state index in [0.29, 0.717) is 12.8 Å². The topological polar surface area (TPSA) is 214 Å². The number of primary amides is 1. The summed E-state index contributed by atoms with van der Waals surface area (Å²) in [7, 11) is 0. The van der Waals surface area contributed by atoms with E-state index in [4.69, 9.17) is 16.6 Å². The van der Waals surface area contributed by atoms with E-state index in [1.54, 1.807) is 20.8 Å². The van der Waals surface area contributed by atoms with Crippen molar-refractivity contribution in [2.24, 2.45) is 23.3 Å². The van der Waals surface area contributed by atoms with E-state index in [2.05, 4.69) is 16.0 Å². The Morgan fingerprint density at radius 2 is 1.26 bits per heavy atom. The molecular formula is C19H35N5O7. The summed E-state index contributed by atoms with van der Waals surface area (Å²) in [5.41, 5.74) is 10.5. The molecule has 6 unspecified atom stereocenters. The zero-order chi connectivity index (χ0) is 24.3. The quantitative estimate of drug-likeness (QED) is 0.155. The second-order valence-electron chi connectivity index (χ2n) is 7.60. The summed E-state index contributed by atoms with van der Waals surface area (Å²) < 4.78 is 0. The van der Waals surface area contributed by atoms with Gasteiger partial charge >= 0.3 is 5.97 Å². The molecule has 0 spiro atoms. The molecule has 0 radical (unpaired) electrons. The minimum absolute atomic E-state index is 0.322. The molecule has 0 heterocycles. The molecule has 178 valence electrons. The maximum Gasteiger partial charge on any atom is 0.326 e. The van der Waals surface area contributed by atoms with Crippen LogP contribution in [0.4, 0.5) is 0 Å². The number of hydrogen-bond acceptors (Lipinski definition) is 7. The molecule has 0 rings (SSSR count). The molecule has 0 saturated heterocycles. The second kappa shape index (κ2) is 13.5. The van der Waals surface area contributed by atoms with E-state index in [1.165, 1.54) is 0 Å². The SMILES string of the molecule is CCC(C)C(NC(=O)C(N)CO)C(=O)NC(C(=O)NC(CC(N)=O)C(=O)O)C(C)CC. The molecule has 0 aromatic carbocycles. The van der Waals surface area contributed by atoms with Crippen molar-refractivity contribution in [2.45, 2.75) is 71.1 Å². The van der Waals surface area contributed by atoms with Crippen LogP contribution in [0.2, 0.25) is 0 Å². The Labute approximate surface area is 181 Å². The van der Waals surface area contributed by atoms with Gasteiger partial charge < -0.3 is 37.6 Å². The van der Waals surface area contributed by atoms with Gasteiger partial charge in [0.15, 0.2) is 0 Å². The van der Waals surface area contributed by atoms with Crippen molar-refractivity contribution in [1.82, 2.24) is 16.0 Å². The van der Waals surface area contributed by atoms with Gasteiger partial charge in [0.2, 0.25) is 23.6 Å². The van der Waals surface area contributed by atoms with Gasteiger partial charge in [-0.3, -0.25) is 19.2 Å². The lowest BCUT2D eigenvalue weighted by molar-refractivity contribution is -0.144. The molecule has 0 bridgehead atoms. The first-order valence-corrected chi connectivity index (χ1v) is 10.2. The third-order valence-corrected chi connectivity index (χ3v) is 5.14. The number of nitrogens with one attached hydrogen (secondary N) is 3. The van der Waals surface area contributed by atoms with Crippen molar-refractivity contribution in [2.75, 3.05) is 6.61 Å². The molecule has 0 aliphatic heterocycles. The Morgan fingerprint density at radius 3 is 1.61 bits per heavy atom. The van der Waals surface area contributed by atoms with Crippen LogP contribution in [0.5, 0.6) is 0 Å². The third kappa shape index (κ3) is 9.30. The molecule has 0 aliphatic carbocycles. The molecule has 12 heteroatoms. The number of aliphatic hydroxyl groups excluding tert-OH is 1. The highest BCUT2D eigenvalue weighted by molar-refractivity contribution is 5.95. The highest BCUT2D eigenvalue weighted by Crippen LogP contribution is 2.13. The third-order valence-electron chi connectivity index (χ3n) is 5.14. The number of carboxylic acids is 1. The van der Waals surface area contributed by atoms with Crippen LogP contribution in [-0.2, 0) is 24.0 Å². The number of carboxylic acid groups (broad SMARTS) is 1. The number of amides is 4. The maximum atomic E-state index is 12.9. The number of aliphatic carboxylic acids is 1. The Kier molecular flexibility index (Phi) is 12.4. The Morgan fingerprint density at radius 1 is 0.839 bits per heavy atom. The van der Waals surface area contributed by atoms with Crippen molar-refractivity contribution in [3.63, 3.8) is 0 Å². The van der Waals surface area contributed by atoms with E-state index in [9.17, 15) is 29.1 Å². The van der Waals surface area contributed by atoms with Gasteiger partial charge in [0.1, 0.15) is 24.2 Å². The van der Waals surface area contributed by atoms with Gasteiger partial charge in [-0.1, -0.05) is 40.5 Å². The smallest absolute Gasteiger partial charge is 0.326 e. The maximum absolute atomic E-state index is 12.9. The fourth-order valence-electron chi connectivity index (χ4n) is 2.65. The zero-order valence-corrected chi connectivity index (χ0v) is 18.4. The van der Waals surface area contributed by atoms with Gasteiger partial charge in [-0.05, 0) is 11.8 Å². The predicted octanol–water partition coefficient (Wildman–Crippen LogP) is -2.19. The van der Waals surface area contributed by atoms with E-state index in [0.717, 1.165) is 0 Å². The van der Waals surface area contributed by atoms with E-state index >= 15 is 0 Å². The van der Waals surface area contributed by atoms with Crippen LogP contribution < -0.4 is 27.4 Å². The molecule has 0 aromatic heterocycles. The molecule has 0 aromatic rings. The molecule has 6 atom stereocenters. The summed E-state index contributed by atoms with van der Waals surface area (Å²) in [6.07, 6.45) is 0.390. The van der Waals surface area contributed by atoms with E-state index in [-0.39, 0.29) is 11.8 Å². The number of aliphatic hydroxyl groups is 1. The van der Waals surface area contributed by atoms with Gasteiger partial charge in [0.25, 0.3) is 0 Å². The van der Waals surface area contributed by atoms with Crippen LogP contribution >= 0.6 is 0 Å². The van der Waals surface area contributed by atoms with Gasteiger partial charge in [-0.25, -0.2) is 4.79 Å². The normalized spacial score (nSPS) is 16.7. The van der Waals surface area contributed by atoms with Crippen LogP contribution in [-0.4, -0.2) is 70.6 Å². The first-order valence-electron chi connectivity index (χ1n) is 10.2. The van der Waals surface area contributed by atoms with E-state index in [1.807, 2.05) is 6.92 Å². The van der Waals surface area contributed by atoms with Gasteiger partial charge in [-0.2, -0.15) is 0 Å². The first-order chi connectivity index (χ1) is 14.4. The van der Waals surface area contributed by atoms with Crippen LogP contribution in [0.15, 0.2) is 0 Å². The lowest BCUT2D eigenvalue weighted by Gasteiger charge is -2.29. The summed E-state index contributed by atoms with van der Waals surface area (Å²) in [6, 6.07) is -4.91. The Bertz CT molecular complexity index is 658. The zero-order valence-electron chi connectivity index (χ0n) is 18.4. The molecular weight excluding hydrogens is 410 g/mol.